The summed E-state index contributed by atoms with van der Waals surface area (Å²) in [4.78, 5) is 16.5. The minimum atomic E-state index is -2.93. The number of nitrogens with zero attached hydrogens (tertiary/aromatic N) is 1. The van der Waals surface area contributed by atoms with Crippen LogP contribution in [-0.4, -0.2) is 37.4 Å². The molecule has 6 nitrogen and oxygen atoms in total. The summed E-state index contributed by atoms with van der Waals surface area (Å²) in [6.07, 6.45) is 0.593. The number of rotatable bonds is 4. The van der Waals surface area contributed by atoms with Crippen molar-refractivity contribution < 1.29 is 17.6 Å². The Balaban J connectivity index is 1.67. The molecule has 0 bridgehead atoms. The molecule has 0 radical (unpaired) electrons. The third-order valence-corrected chi connectivity index (χ3v) is 5.75. The molecule has 122 valence electrons. The molecule has 1 saturated heterocycles. The first kappa shape index (κ1) is 15.7. The van der Waals surface area contributed by atoms with Gasteiger partial charge in [-0.2, -0.15) is 0 Å². The maximum atomic E-state index is 12.2. The molecule has 1 aromatic carbocycles. The Morgan fingerprint density at radius 2 is 2.09 bits per heavy atom. The van der Waals surface area contributed by atoms with Crippen molar-refractivity contribution in [2.75, 3.05) is 18.1 Å². The predicted molar refractivity (Wildman–Crippen MR) is 85.8 cm³/mol. The number of aryl methyl sites for hydroxylation is 1. The van der Waals surface area contributed by atoms with Crippen molar-refractivity contribution in [2.45, 2.75) is 13.3 Å². The molecule has 2 heterocycles. The van der Waals surface area contributed by atoms with Crippen LogP contribution in [-0.2, 0) is 9.84 Å². The van der Waals surface area contributed by atoms with Crippen LogP contribution in [0, 0.1) is 12.8 Å². The van der Waals surface area contributed by atoms with Gasteiger partial charge in [-0.1, -0.05) is 18.2 Å². The van der Waals surface area contributed by atoms with Crippen molar-refractivity contribution in [1.82, 2.24) is 10.3 Å². The number of oxazole rings is 1. The SMILES string of the molecule is Cc1oc(-c2ccccc2)nc1C(=O)NC[C@H]1CCS(=O)(=O)C1. The van der Waals surface area contributed by atoms with Crippen LogP contribution in [0.15, 0.2) is 34.7 Å². The van der Waals surface area contributed by atoms with Crippen LogP contribution in [0.3, 0.4) is 0 Å². The van der Waals surface area contributed by atoms with Gasteiger partial charge in [0.1, 0.15) is 5.76 Å². The molecular weight excluding hydrogens is 316 g/mol. The van der Waals surface area contributed by atoms with E-state index in [9.17, 15) is 13.2 Å². The number of aromatic nitrogens is 1. The summed E-state index contributed by atoms with van der Waals surface area (Å²) in [6.45, 7) is 2.03. The first-order chi connectivity index (χ1) is 10.9. The Morgan fingerprint density at radius 3 is 2.74 bits per heavy atom. The Kier molecular flexibility index (Phi) is 4.21. The lowest BCUT2D eigenvalue weighted by Crippen LogP contribution is -2.30. The number of nitrogens with one attached hydrogen (secondary N) is 1. The number of sulfone groups is 1. The zero-order valence-corrected chi connectivity index (χ0v) is 13.6. The first-order valence-corrected chi connectivity index (χ1v) is 9.28. The average Bonchev–Trinajstić information content (AvgIpc) is 3.08. The third-order valence-electron chi connectivity index (χ3n) is 3.91. The molecule has 1 atom stereocenters. The standard InChI is InChI=1S/C16H18N2O4S/c1-11-14(18-16(22-11)13-5-3-2-4-6-13)15(19)17-9-12-7-8-23(20,21)10-12/h2-6,12H,7-10H2,1H3,(H,17,19)/t12-/m1/s1. The Labute approximate surface area is 134 Å². The van der Waals surface area contributed by atoms with Crippen LogP contribution in [0.4, 0.5) is 0 Å². The summed E-state index contributed by atoms with van der Waals surface area (Å²) in [7, 11) is -2.93. The lowest BCUT2D eigenvalue weighted by Gasteiger charge is -2.08. The minimum Gasteiger partial charge on any atom is -0.441 e. The molecule has 1 aliphatic rings. The van der Waals surface area contributed by atoms with Gasteiger partial charge in [0.2, 0.25) is 5.89 Å². The van der Waals surface area contributed by atoms with Gasteiger partial charge < -0.3 is 9.73 Å². The van der Waals surface area contributed by atoms with Gasteiger partial charge in [0, 0.05) is 12.1 Å². The van der Waals surface area contributed by atoms with E-state index in [1.54, 1.807) is 6.92 Å². The molecule has 1 amide bonds. The van der Waals surface area contributed by atoms with Gasteiger partial charge in [0.25, 0.3) is 5.91 Å². The number of hydrogen-bond acceptors (Lipinski definition) is 5. The van der Waals surface area contributed by atoms with Crippen LogP contribution in [0.1, 0.15) is 22.7 Å². The Morgan fingerprint density at radius 1 is 1.35 bits per heavy atom. The van der Waals surface area contributed by atoms with E-state index in [0.29, 0.717) is 24.6 Å². The minimum absolute atomic E-state index is 0.0234. The lowest BCUT2D eigenvalue weighted by molar-refractivity contribution is 0.0942. The van der Waals surface area contributed by atoms with Crippen molar-refractivity contribution in [3.8, 4) is 11.5 Å². The fourth-order valence-electron chi connectivity index (χ4n) is 2.67. The topological polar surface area (TPSA) is 89.3 Å². The quantitative estimate of drug-likeness (QED) is 0.921. The van der Waals surface area contributed by atoms with Crippen LogP contribution in [0.2, 0.25) is 0 Å². The lowest BCUT2D eigenvalue weighted by atomic mass is 10.1. The highest BCUT2D eigenvalue weighted by molar-refractivity contribution is 7.91. The van der Waals surface area contributed by atoms with Crippen LogP contribution in [0.25, 0.3) is 11.5 Å². The number of carbonyl (C=O) groups excluding carboxylic acids is 1. The maximum Gasteiger partial charge on any atom is 0.273 e. The molecule has 0 spiro atoms. The van der Waals surface area contributed by atoms with Gasteiger partial charge in [-0.25, -0.2) is 13.4 Å². The van der Waals surface area contributed by atoms with Crippen molar-refractivity contribution in [2.24, 2.45) is 5.92 Å². The van der Waals surface area contributed by atoms with Crippen LogP contribution >= 0.6 is 0 Å². The van der Waals surface area contributed by atoms with E-state index in [4.69, 9.17) is 4.42 Å². The number of hydrogen-bond donors (Lipinski definition) is 1. The second-order valence-corrected chi connectivity index (χ2v) is 8.00. The fraction of sp³-hybridized carbons (Fsp3) is 0.375. The van der Waals surface area contributed by atoms with E-state index in [1.807, 2.05) is 30.3 Å². The van der Waals surface area contributed by atoms with Gasteiger partial charge >= 0.3 is 0 Å². The van der Waals surface area contributed by atoms with E-state index in [2.05, 4.69) is 10.3 Å². The molecule has 0 saturated carbocycles. The maximum absolute atomic E-state index is 12.2. The van der Waals surface area contributed by atoms with Gasteiger partial charge in [-0.05, 0) is 31.4 Å². The Bertz CT molecular complexity index is 812. The highest BCUT2D eigenvalue weighted by Crippen LogP contribution is 2.22. The second kappa shape index (κ2) is 6.16. The number of amides is 1. The zero-order chi connectivity index (χ0) is 16.4. The van der Waals surface area contributed by atoms with Crippen molar-refractivity contribution >= 4 is 15.7 Å². The summed E-state index contributed by atoms with van der Waals surface area (Å²) >= 11 is 0. The smallest absolute Gasteiger partial charge is 0.273 e. The highest BCUT2D eigenvalue weighted by atomic mass is 32.2. The average molecular weight is 334 g/mol. The highest BCUT2D eigenvalue weighted by Gasteiger charge is 2.28. The molecule has 7 heteroatoms. The molecule has 0 unspecified atom stereocenters. The van der Waals surface area contributed by atoms with Gasteiger partial charge in [0.05, 0.1) is 11.5 Å². The van der Waals surface area contributed by atoms with E-state index < -0.39 is 9.84 Å². The molecule has 23 heavy (non-hydrogen) atoms. The third kappa shape index (κ3) is 3.61. The molecule has 1 N–H and O–H groups in total. The first-order valence-electron chi connectivity index (χ1n) is 7.46. The second-order valence-electron chi connectivity index (χ2n) is 5.77. The van der Waals surface area contributed by atoms with E-state index >= 15 is 0 Å². The monoisotopic (exact) mass is 334 g/mol. The zero-order valence-electron chi connectivity index (χ0n) is 12.8. The summed E-state index contributed by atoms with van der Waals surface area (Å²) in [5.74, 6) is 0.828. The van der Waals surface area contributed by atoms with E-state index in [1.165, 1.54) is 0 Å². The molecular formula is C16H18N2O4S. The Hall–Kier alpha value is -2.15. The summed E-state index contributed by atoms with van der Waals surface area (Å²) in [6, 6.07) is 9.35. The fourth-order valence-corrected chi connectivity index (χ4v) is 4.53. The van der Waals surface area contributed by atoms with Gasteiger partial charge in [0.15, 0.2) is 15.5 Å². The van der Waals surface area contributed by atoms with Crippen molar-refractivity contribution in [3.63, 3.8) is 0 Å². The summed E-state index contributed by atoms with van der Waals surface area (Å²) in [5.41, 5.74) is 1.04. The molecule has 3 rings (SSSR count). The van der Waals surface area contributed by atoms with Gasteiger partial charge in [-0.3, -0.25) is 4.79 Å². The predicted octanol–water partition coefficient (Wildman–Crippen LogP) is 1.81. The van der Waals surface area contributed by atoms with Crippen LogP contribution in [0.5, 0.6) is 0 Å². The molecule has 2 aromatic rings. The molecule has 1 aromatic heterocycles. The normalized spacial score (nSPS) is 19.6. The summed E-state index contributed by atoms with van der Waals surface area (Å²) in [5, 5.41) is 2.76. The summed E-state index contributed by atoms with van der Waals surface area (Å²) < 4.78 is 28.4. The number of carbonyl (C=O) groups is 1. The van der Waals surface area contributed by atoms with Crippen molar-refractivity contribution in [1.29, 1.82) is 0 Å². The molecule has 0 aliphatic carbocycles. The molecule has 1 fully saturated rings. The molecule has 1 aliphatic heterocycles. The largest absolute Gasteiger partial charge is 0.441 e. The number of benzene rings is 1. The van der Waals surface area contributed by atoms with Crippen LogP contribution < -0.4 is 5.32 Å². The van der Waals surface area contributed by atoms with Gasteiger partial charge in [-0.15, -0.1) is 0 Å². The van der Waals surface area contributed by atoms with E-state index in [0.717, 1.165) is 5.56 Å². The van der Waals surface area contributed by atoms with Crippen molar-refractivity contribution in [3.05, 3.63) is 41.8 Å². The van der Waals surface area contributed by atoms with E-state index in [-0.39, 0.29) is 29.0 Å².